The van der Waals surface area contributed by atoms with Crippen molar-refractivity contribution < 1.29 is 14.6 Å². The molecule has 0 spiro atoms. The summed E-state index contributed by atoms with van der Waals surface area (Å²) in [5.41, 5.74) is 3.96. The van der Waals surface area contributed by atoms with Gasteiger partial charge in [0, 0.05) is 18.5 Å². The zero-order valence-corrected chi connectivity index (χ0v) is 13.3. The minimum absolute atomic E-state index is 0.0454. The van der Waals surface area contributed by atoms with E-state index in [1.54, 1.807) is 0 Å². The van der Waals surface area contributed by atoms with Gasteiger partial charge >= 0.3 is 0 Å². The van der Waals surface area contributed by atoms with Crippen molar-refractivity contribution in [1.82, 2.24) is 15.5 Å². The number of hydrogen-bond donors (Lipinski definition) is 3. The van der Waals surface area contributed by atoms with Crippen LogP contribution in [-0.4, -0.2) is 27.3 Å². The Labute approximate surface area is 134 Å². The fraction of sp³-hybridized carbons (Fsp3) is 0.412. The SMILES string of the molecule is C[C@@H]1Cc2c(C(=O)NCc3ccccc3CO)n[nH]c2[C@H](C)O1. The summed E-state index contributed by atoms with van der Waals surface area (Å²) >= 11 is 0. The predicted octanol–water partition coefficient (Wildman–Crippen LogP) is 1.85. The van der Waals surface area contributed by atoms with Crippen LogP contribution in [0.4, 0.5) is 0 Å². The van der Waals surface area contributed by atoms with Gasteiger partial charge in [-0.15, -0.1) is 0 Å². The van der Waals surface area contributed by atoms with Crippen LogP contribution in [0, 0.1) is 0 Å². The van der Waals surface area contributed by atoms with Gasteiger partial charge in [-0.05, 0) is 25.0 Å². The van der Waals surface area contributed by atoms with E-state index in [1.165, 1.54) is 0 Å². The summed E-state index contributed by atoms with van der Waals surface area (Å²) in [5, 5.41) is 19.3. The Bertz CT molecular complexity index is 711. The molecular weight excluding hydrogens is 294 g/mol. The van der Waals surface area contributed by atoms with Gasteiger partial charge in [0.05, 0.1) is 24.5 Å². The van der Waals surface area contributed by atoms with Crippen LogP contribution >= 0.6 is 0 Å². The van der Waals surface area contributed by atoms with Crippen molar-refractivity contribution in [1.29, 1.82) is 0 Å². The van der Waals surface area contributed by atoms with Gasteiger partial charge in [-0.25, -0.2) is 0 Å². The second-order valence-corrected chi connectivity index (χ2v) is 5.87. The van der Waals surface area contributed by atoms with Gasteiger partial charge in [-0.2, -0.15) is 5.10 Å². The number of hydrogen-bond acceptors (Lipinski definition) is 4. The summed E-state index contributed by atoms with van der Waals surface area (Å²) in [7, 11) is 0. The highest BCUT2D eigenvalue weighted by Crippen LogP contribution is 2.30. The lowest BCUT2D eigenvalue weighted by Crippen LogP contribution is -2.27. The topological polar surface area (TPSA) is 87.2 Å². The third kappa shape index (κ3) is 3.13. The lowest BCUT2D eigenvalue weighted by atomic mass is 9.99. The molecule has 1 aliphatic heterocycles. The first kappa shape index (κ1) is 15.7. The Balaban J connectivity index is 1.75. The molecule has 2 atom stereocenters. The third-order valence-electron chi connectivity index (χ3n) is 4.18. The van der Waals surface area contributed by atoms with Crippen molar-refractivity contribution in [2.75, 3.05) is 0 Å². The molecule has 0 unspecified atom stereocenters. The minimum Gasteiger partial charge on any atom is -0.392 e. The van der Waals surface area contributed by atoms with Gasteiger partial charge < -0.3 is 15.2 Å². The molecule has 2 aromatic rings. The first-order chi connectivity index (χ1) is 11.1. The molecule has 3 N–H and O–H groups in total. The van der Waals surface area contributed by atoms with Crippen molar-refractivity contribution >= 4 is 5.91 Å². The van der Waals surface area contributed by atoms with Crippen LogP contribution in [0.3, 0.4) is 0 Å². The van der Waals surface area contributed by atoms with E-state index in [9.17, 15) is 9.90 Å². The predicted molar refractivity (Wildman–Crippen MR) is 84.8 cm³/mol. The van der Waals surface area contributed by atoms with Crippen LogP contribution in [-0.2, 0) is 24.3 Å². The van der Waals surface area contributed by atoms with E-state index in [1.807, 2.05) is 38.1 Å². The summed E-state index contributed by atoms with van der Waals surface area (Å²) in [5.74, 6) is -0.212. The van der Waals surface area contributed by atoms with Gasteiger partial charge in [0.25, 0.3) is 5.91 Å². The monoisotopic (exact) mass is 315 g/mol. The molecule has 1 aromatic carbocycles. The number of aliphatic hydroxyl groups excluding tert-OH is 1. The summed E-state index contributed by atoms with van der Waals surface area (Å²) in [6.07, 6.45) is 0.654. The number of rotatable bonds is 4. The Morgan fingerprint density at radius 2 is 2.13 bits per heavy atom. The lowest BCUT2D eigenvalue weighted by Gasteiger charge is -2.25. The molecule has 1 aliphatic rings. The number of aromatic nitrogens is 2. The maximum Gasteiger partial charge on any atom is 0.272 e. The molecule has 0 fully saturated rings. The molecule has 6 heteroatoms. The fourth-order valence-electron chi connectivity index (χ4n) is 3.00. The molecule has 6 nitrogen and oxygen atoms in total. The fourth-order valence-corrected chi connectivity index (χ4v) is 3.00. The summed E-state index contributed by atoms with van der Waals surface area (Å²) in [6, 6.07) is 7.49. The molecule has 0 radical (unpaired) electrons. The number of aliphatic hydroxyl groups is 1. The van der Waals surface area contributed by atoms with E-state index in [2.05, 4.69) is 15.5 Å². The van der Waals surface area contributed by atoms with Crippen molar-refractivity contribution in [2.45, 2.75) is 45.6 Å². The largest absolute Gasteiger partial charge is 0.392 e. The highest BCUT2D eigenvalue weighted by molar-refractivity contribution is 5.94. The molecular formula is C17H21N3O3. The maximum atomic E-state index is 12.5. The van der Waals surface area contributed by atoms with Crippen LogP contribution in [0.25, 0.3) is 0 Å². The summed E-state index contributed by atoms with van der Waals surface area (Å²) in [4.78, 5) is 12.5. The first-order valence-electron chi connectivity index (χ1n) is 7.78. The van der Waals surface area contributed by atoms with Gasteiger partial charge in [-0.3, -0.25) is 9.89 Å². The van der Waals surface area contributed by atoms with Crippen molar-refractivity contribution in [3.05, 3.63) is 52.3 Å². The number of amides is 1. The molecule has 122 valence electrons. The molecule has 0 saturated heterocycles. The van der Waals surface area contributed by atoms with E-state index >= 15 is 0 Å². The van der Waals surface area contributed by atoms with Crippen molar-refractivity contribution in [3.8, 4) is 0 Å². The number of carbonyl (C=O) groups excluding carboxylic acids is 1. The number of ether oxygens (including phenoxy) is 1. The molecule has 1 aromatic heterocycles. The number of nitrogens with zero attached hydrogens (tertiary/aromatic N) is 1. The van der Waals surface area contributed by atoms with E-state index in [-0.39, 0.29) is 24.7 Å². The lowest BCUT2D eigenvalue weighted by molar-refractivity contribution is -0.00697. The molecule has 1 amide bonds. The Morgan fingerprint density at radius 1 is 1.39 bits per heavy atom. The molecule has 0 saturated carbocycles. The summed E-state index contributed by atoms with van der Waals surface area (Å²) in [6.45, 7) is 4.26. The highest BCUT2D eigenvalue weighted by Gasteiger charge is 2.29. The normalized spacial score (nSPS) is 20.1. The van der Waals surface area contributed by atoms with E-state index in [4.69, 9.17) is 4.74 Å². The van der Waals surface area contributed by atoms with Crippen LogP contribution in [0.2, 0.25) is 0 Å². The average molecular weight is 315 g/mol. The van der Waals surface area contributed by atoms with E-state index in [0.717, 1.165) is 22.4 Å². The second kappa shape index (κ2) is 6.52. The Hall–Kier alpha value is -2.18. The number of aromatic amines is 1. The average Bonchev–Trinajstić information content (AvgIpc) is 2.97. The van der Waals surface area contributed by atoms with Crippen molar-refractivity contribution in [3.63, 3.8) is 0 Å². The number of nitrogens with one attached hydrogen (secondary N) is 2. The zero-order valence-electron chi connectivity index (χ0n) is 13.3. The van der Waals surface area contributed by atoms with Gasteiger partial charge in [0.15, 0.2) is 5.69 Å². The Kier molecular flexibility index (Phi) is 4.45. The molecule has 23 heavy (non-hydrogen) atoms. The van der Waals surface area contributed by atoms with E-state index in [0.29, 0.717) is 18.7 Å². The number of carbonyl (C=O) groups is 1. The van der Waals surface area contributed by atoms with Crippen LogP contribution in [0.1, 0.15) is 52.8 Å². The van der Waals surface area contributed by atoms with Gasteiger partial charge in [-0.1, -0.05) is 24.3 Å². The molecule has 3 rings (SSSR count). The number of H-pyrrole nitrogens is 1. The maximum absolute atomic E-state index is 12.5. The number of benzene rings is 1. The van der Waals surface area contributed by atoms with E-state index < -0.39 is 0 Å². The zero-order chi connectivity index (χ0) is 16.4. The summed E-state index contributed by atoms with van der Waals surface area (Å²) < 4.78 is 5.73. The highest BCUT2D eigenvalue weighted by atomic mass is 16.5. The second-order valence-electron chi connectivity index (χ2n) is 5.87. The first-order valence-corrected chi connectivity index (χ1v) is 7.78. The smallest absolute Gasteiger partial charge is 0.272 e. The molecule has 2 heterocycles. The van der Waals surface area contributed by atoms with Gasteiger partial charge in [0.2, 0.25) is 0 Å². The van der Waals surface area contributed by atoms with Crippen LogP contribution < -0.4 is 5.32 Å². The standard InChI is InChI=1S/C17H21N3O3/c1-10-7-14-15(11(2)23-10)19-20-16(14)17(22)18-8-12-5-3-4-6-13(12)9-21/h3-6,10-11,21H,7-9H2,1-2H3,(H,18,22)(H,19,20)/t10-,11+/m1/s1. The molecule has 0 bridgehead atoms. The van der Waals surface area contributed by atoms with Crippen LogP contribution in [0.15, 0.2) is 24.3 Å². The molecule has 0 aliphatic carbocycles. The number of fused-ring (bicyclic) bond motifs is 1. The quantitative estimate of drug-likeness (QED) is 0.803. The third-order valence-corrected chi connectivity index (χ3v) is 4.18. The van der Waals surface area contributed by atoms with Crippen LogP contribution in [0.5, 0.6) is 0 Å². The Morgan fingerprint density at radius 3 is 2.87 bits per heavy atom. The minimum atomic E-state index is -0.212. The van der Waals surface area contributed by atoms with Crippen molar-refractivity contribution in [2.24, 2.45) is 0 Å². The van der Waals surface area contributed by atoms with Gasteiger partial charge in [0.1, 0.15) is 0 Å².